The van der Waals surface area contributed by atoms with Gasteiger partial charge in [0.05, 0.1) is 11.0 Å². The van der Waals surface area contributed by atoms with Crippen molar-refractivity contribution in [1.29, 1.82) is 10.5 Å². The van der Waals surface area contributed by atoms with E-state index in [0.29, 0.717) is 28.4 Å². The molecule has 0 saturated heterocycles. The van der Waals surface area contributed by atoms with Crippen molar-refractivity contribution in [3.05, 3.63) is 88.9 Å². The highest BCUT2D eigenvalue weighted by atomic mass is 35.5. The number of fused-ring (bicyclic) bond motifs is 1. The molecule has 0 unspecified atom stereocenters. The summed E-state index contributed by atoms with van der Waals surface area (Å²) in [5, 5.41) is 36.0. The van der Waals surface area contributed by atoms with Crippen LogP contribution in [0.3, 0.4) is 0 Å². The van der Waals surface area contributed by atoms with Crippen LogP contribution < -0.4 is 15.4 Å². The first-order valence-corrected chi connectivity index (χ1v) is 14.5. The van der Waals surface area contributed by atoms with Gasteiger partial charge in [-0.15, -0.1) is 0 Å². The molecule has 3 aromatic carbocycles. The standard InChI is InChI=1S/C29H29ClN6O4S/c1-29(2)27(37)26(35-28(33-19-32)34-22-10-8-21(30)9-11-22)24-18-23(12-13-25(24)40-29)41(38,39)36(17-15-31)16-14-20-6-4-3-5-7-20/h3-13,18,26-27,37H,14,16-17H2,1-2H3,(H2,33,34,35)/t26-,27+/m1/s1. The molecule has 0 radical (unpaired) electrons. The number of rotatable bonds is 8. The maximum Gasteiger partial charge on any atom is 0.244 e. The summed E-state index contributed by atoms with van der Waals surface area (Å²) in [6.45, 7) is 3.15. The van der Waals surface area contributed by atoms with E-state index >= 15 is 0 Å². The quantitative estimate of drug-likeness (QED) is 0.116. The topological polar surface area (TPSA) is 151 Å². The van der Waals surface area contributed by atoms with Crippen LogP contribution >= 0.6 is 11.6 Å². The molecule has 0 fully saturated rings. The third-order valence-electron chi connectivity index (χ3n) is 6.61. The van der Waals surface area contributed by atoms with Crippen LogP contribution in [0.4, 0.5) is 5.69 Å². The van der Waals surface area contributed by atoms with Crippen molar-refractivity contribution in [2.75, 3.05) is 18.4 Å². The summed E-state index contributed by atoms with van der Waals surface area (Å²) < 4.78 is 34.5. The van der Waals surface area contributed by atoms with Crippen molar-refractivity contribution in [2.45, 2.75) is 42.9 Å². The molecule has 0 amide bonds. The molecule has 3 aromatic rings. The summed E-state index contributed by atoms with van der Waals surface area (Å²) >= 11 is 5.97. The second-order valence-electron chi connectivity index (χ2n) is 9.87. The van der Waals surface area contributed by atoms with E-state index in [4.69, 9.17) is 16.3 Å². The van der Waals surface area contributed by atoms with E-state index in [1.165, 1.54) is 18.2 Å². The van der Waals surface area contributed by atoms with E-state index in [0.717, 1.165) is 9.87 Å². The Morgan fingerprint density at radius 2 is 1.83 bits per heavy atom. The number of ether oxygens (including phenoxy) is 1. The van der Waals surface area contributed by atoms with Crippen LogP contribution in [0, 0.1) is 22.8 Å². The van der Waals surface area contributed by atoms with Crippen LogP contribution in [-0.2, 0) is 16.4 Å². The molecule has 41 heavy (non-hydrogen) atoms. The molecule has 12 heteroatoms. The number of nitrogens with zero attached hydrogens (tertiary/aromatic N) is 4. The van der Waals surface area contributed by atoms with E-state index < -0.39 is 27.8 Å². The number of nitriles is 2. The molecule has 1 aliphatic heterocycles. The third-order valence-corrected chi connectivity index (χ3v) is 8.70. The number of hydrogen-bond acceptors (Lipinski definition) is 7. The average molecular weight is 593 g/mol. The van der Waals surface area contributed by atoms with Gasteiger partial charge in [0.2, 0.25) is 16.0 Å². The van der Waals surface area contributed by atoms with Gasteiger partial charge in [0.1, 0.15) is 30.0 Å². The Hall–Kier alpha value is -4.13. The van der Waals surface area contributed by atoms with Crippen LogP contribution in [0.2, 0.25) is 5.02 Å². The van der Waals surface area contributed by atoms with Crippen molar-refractivity contribution in [3.63, 3.8) is 0 Å². The molecule has 212 valence electrons. The number of halogens is 1. The van der Waals surface area contributed by atoms with Gasteiger partial charge in [0.25, 0.3) is 0 Å². The number of guanidine groups is 1. The minimum Gasteiger partial charge on any atom is -0.485 e. The van der Waals surface area contributed by atoms with Gasteiger partial charge in [-0.25, -0.2) is 13.4 Å². The number of hydrogen-bond donors (Lipinski definition) is 3. The number of sulfonamides is 1. The second kappa shape index (κ2) is 12.6. The van der Waals surface area contributed by atoms with Gasteiger partial charge in [-0.2, -0.15) is 14.8 Å². The lowest BCUT2D eigenvalue weighted by molar-refractivity contribution is -0.0568. The fourth-order valence-electron chi connectivity index (χ4n) is 4.41. The Morgan fingerprint density at radius 1 is 1.12 bits per heavy atom. The van der Waals surface area contributed by atoms with Crippen molar-refractivity contribution in [3.8, 4) is 18.0 Å². The smallest absolute Gasteiger partial charge is 0.244 e. The summed E-state index contributed by atoms with van der Waals surface area (Å²) in [4.78, 5) is 4.52. The SMILES string of the molecule is CC1(C)Oc2ccc(S(=O)(=O)N(CC#N)CCc3ccccc3)cc2[C@@H](N=C(NC#N)Nc2ccc(Cl)cc2)[C@@H]1O. The normalized spacial score (nSPS) is 18.0. The fraction of sp³-hybridized carbons (Fsp3) is 0.276. The molecule has 0 aromatic heterocycles. The molecular weight excluding hydrogens is 564 g/mol. The molecule has 0 saturated carbocycles. The highest BCUT2D eigenvalue weighted by Crippen LogP contribution is 2.43. The lowest BCUT2D eigenvalue weighted by atomic mass is 9.87. The zero-order valence-electron chi connectivity index (χ0n) is 22.5. The summed E-state index contributed by atoms with van der Waals surface area (Å²) in [6.07, 6.45) is 1.05. The van der Waals surface area contributed by atoms with Crippen LogP contribution in [0.5, 0.6) is 5.75 Å². The Bertz CT molecular complexity index is 1600. The molecule has 4 rings (SSSR count). The number of aliphatic hydroxyl groups is 1. The van der Waals surface area contributed by atoms with Crippen molar-refractivity contribution >= 4 is 33.3 Å². The number of anilines is 1. The van der Waals surface area contributed by atoms with Crippen molar-refractivity contribution < 1.29 is 18.3 Å². The molecule has 1 heterocycles. The molecule has 0 bridgehead atoms. The number of aliphatic imine (C=N–C) groups is 1. The molecule has 3 N–H and O–H groups in total. The van der Waals surface area contributed by atoms with E-state index in [2.05, 4.69) is 15.6 Å². The summed E-state index contributed by atoms with van der Waals surface area (Å²) in [7, 11) is -4.10. The monoisotopic (exact) mass is 592 g/mol. The number of aliphatic hydroxyl groups excluding tert-OH is 1. The summed E-state index contributed by atoms with van der Waals surface area (Å²) in [6, 6.07) is 21.4. The lowest BCUT2D eigenvalue weighted by Gasteiger charge is -2.40. The van der Waals surface area contributed by atoms with Crippen LogP contribution in [-0.4, -0.2) is 48.6 Å². The fourth-order valence-corrected chi connectivity index (χ4v) is 5.91. The highest BCUT2D eigenvalue weighted by molar-refractivity contribution is 7.89. The highest BCUT2D eigenvalue weighted by Gasteiger charge is 2.44. The Morgan fingerprint density at radius 3 is 2.49 bits per heavy atom. The Kier molecular flexibility index (Phi) is 9.16. The Labute approximate surface area is 244 Å². The van der Waals surface area contributed by atoms with Crippen LogP contribution in [0.1, 0.15) is 31.0 Å². The van der Waals surface area contributed by atoms with Gasteiger partial charge >= 0.3 is 0 Å². The third kappa shape index (κ3) is 6.96. The van der Waals surface area contributed by atoms with Crippen molar-refractivity contribution in [1.82, 2.24) is 9.62 Å². The molecule has 0 spiro atoms. The van der Waals surface area contributed by atoms with Crippen molar-refractivity contribution in [2.24, 2.45) is 4.99 Å². The van der Waals surface area contributed by atoms with Gasteiger partial charge in [0.15, 0.2) is 6.19 Å². The molecule has 1 aliphatic rings. The maximum absolute atomic E-state index is 13.7. The van der Waals surface area contributed by atoms with E-state index in [1.807, 2.05) is 42.6 Å². The van der Waals surface area contributed by atoms with Gasteiger partial charge in [-0.3, -0.25) is 5.32 Å². The zero-order chi connectivity index (χ0) is 29.6. The van der Waals surface area contributed by atoms with Gasteiger partial charge in [-0.05, 0) is 68.3 Å². The van der Waals surface area contributed by atoms with Crippen LogP contribution in [0.25, 0.3) is 0 Å². The lowest BCUT2D eigenvalue weighted by Crippen LogP contribution is -2.49. The van der Waals surface area contributed by atoms with E-state index in [9.17, 15) is 24.0 Å². The van der Waals surface area contributed by atoms with Gasteiger partial charge in [0, 0.05) is 22.8 Å². The van der Waals surface area contributed by atoms with Gasteiger partial charge in [-0.1, -0.05) is 41.9 Å². The minimum absolute atomic E-state index is 0.0322. The zero-order valence-corrected chi connectivity index (χ0v) is 24.0. The second-order valence-corrected chi connectivity index (χ2v) is 12.2. The predicted molar refractivity (Wildman–Crippen MR) is 156 cm³/mol. The minimum atomic E-state index is -4.10. The first kappa shape index (κ1) is 29.8. The first-order valence-electron chi connectivity index (χ1n) is 12.7. The largest absolute Gasteiger partial charge is 0.485 e. The number of benzene rings is 3. The molecule has 10 nitrogen and oxygen atoms in total. The maximum atomic E-state index is 13.7. The molecular formula is C29H29ClN6O4S. The molecule has 2 atom stereocenters. The molecule has 0 aliphatic carbocycles. The van der Waals surface area contributed by atoms with Crippen LogP contribution in [0.15, 0.2) is 82.7 Å². The van der Waals surface area contributed by atoms with E-state index in [1.54, 1.807) is 38.1 Å². The van der Waals surface area contributed by atoms with E-state index in [-0.39, 0.29) is 23.9 Å². The number of nitrogens with one attached hydrogen (secondary N) is 2. The van der Waals surface area contributed by atoms with Gasteiger partial charge < -0.3 is 15.2 Å². The predicted octanol–water partition coefficient (Wildman–Crippen LogP) is 4.21. The summed E-state index contributed by atoms with van der Waals surface area (Å²) in [5.74, 6) is 0.372. The summed E-state index contributed by atoms with van der Waals surface area (Å²) in [5.41, 5.74) is 0.754. The first-order chi connectivity index (χ1) is 19.5. The Balaban J connectivity index is 1.72. The average Bonchev–Trinajstić information content (AvgIpc) is 2.95.